The molecule has 0 aliphatic heterocycles. The number of aromatic nitrogens is 5. The summed E-state index contributed by atoms with van der Waals surface area (Å²) in [4.78, 5) is 4.39. The number of rotatable bonds is 3. The lowest BCUT2D eigenvalue weighted by Gasteiger charge is -2.05. The van der Waals surface area contributed by atoms with E-state index in [0.29, 0.717) is 15.8 Å². The summed E-state index contributed by atoms with van der Waals surface area (Å²) in [5, 5.41) is 12.6. The Kier molecular flexibility index (Phi) is 3.16. The predicted octanol–water partition coefficient (Wildman–Crippen LogP) is 2.86. The van der Waals surface area contributed by atoms with Crippen LogP contribution >= 0.6 is 23.4 Å². The molecule has 1 unspecified atom stereocenters. The maximum absolute atomic E-state index is 5.91. The number of hydrogen-bond donors (Lipinski definition) is 0. The van der Waals surface area contributed by atoms with Gasteiger partial charge in [-0.25, -0.2) is 9.67 Å². The second kappa shape index (κ2) is 4.82. The van der Waals surface area contributed by atoms with Crippen molar-refractivity contribution in [1.82, 2.24) is 25.2 Å². The van der Waals surface area contributed by atoms with Crippen LogP contribution in [0.4, 0.5) is 0 Å². The van der Waals surface area contributed by atoms with E-state index < -0.39 is 0 Å². The number of tetrazole rings is 1. The van der Waals surface area contributed by atoms with E-state index in [1.807, 2.05) is 13.0 Å². The summed E-state index contributed by atoms with van der Waals surface area (Å²) in [7, 11) is 1.80. The number of oxazole rings is 1. The molecule has 8 heteroatoms. The molecule has 0 bridgehead atoms. The molecule has 0 amide bonds. The number of fused-ring (bicyclic) bond motifs is 1. The maximum atomic E-state index is 5.91. The number of benzene rings is 1. The van der Waals surface area contributed by atoms with Gasteiger partial charge in [0.1, 0.15) is 5.52 Å². The monoisotopic (exact) mass is 295 g/mol. The van der Waals surface area contributed by atoms with Crippen molar-refractivity contribution in [2.45, 2.75) is 17.4 Å². The van der Waals surface area contributed by atoms with Crippen LogP contribution in [0.15, 0.2) is 27.8 Å². The van der Waals surface area contributed by atoms with Crippen LogP contribution in [0.1, 0.15) is 18.0 Å². The Labute approximate surface area is 118 Å². The van der Waals surface area contributed by atoms with Gasteiger partial charge < -0.3 is 4.42 Å². The Morgan fingerprint density at radius 2 is 2.26 bits per heavy atom. The topological polar surface area (TPSA) is 69.6 Å². The first-order chi connectivity index (χ1) is 9.13. The fourth-order valence-corrected chi connectivity index (χ4v) is 2.77. The minimum Gasteiger partial charge on any atom is -0.431 e. The lowest BCUT2D eigenvalue weighted by Crippen LogP contribution is -2.01. The van der Waals surface area contributed by atoms with Gasteiger partial charge in [0.05, 0.1) is 5.25 Å². The molecule has 1 aromatic carbocycles. The third-order valence-electron chi connectivity index (χ3n) is 2.62. The second-order valence-electron chi connectivity index (χ2n) is 4.01. The minimum absolute atomic E-state index is 0.0449. The van der Waals surface area contributed by atoms with E-state index in [9.17, 15) is 0 Å². The number of hydrogen-bond acceptors (Lipinski definition) is 6. The van der Waals surface area contributed by atoms with Crippen LogP contribution in [0.2, 0.25) is 5.02 Å². The highest BCUT2D eigenvalue weighted by molar-refractivity contribution is 7.99. The zero-order valence-electron chi connectivity index (χ0n) is 10.2. The molecular formula is C11H10ClN5OS. The standard InChI is InChI=1S/C11H10ClN5OS/c1-6(10-14-15-16-17(10)2)19-11-13-8-4-3-7(12)5-9(8)18-11/h3-6H,1-2H3. The molecule has 19 heavy (non-hydrogen) atoms. The van der Waals surface area contributed by atoms with Crippen molar-refractivity contribution in [2.24, 2.45) is 7.05 Å². The van der Waals surface area contributed by atoms with E-state index in [1.165, 1.54) is 11.8 Å². The molecule has 0 saturated carbocycles. The summed E-state index contributed by atoms with van der Waals surface area (Å²) in [6.07, 6.45) is 0. The van der Waals surface area contributed by atoms with Crippen LogP contribution < -0.4 is 0 Å². The van der Waals surface area contributed by atoms with Crippen LogP contribution in [0.25, 0.3) is 11.1 Å². The van der Waals surface area contributed by atoms with E-state index >= 15 is 0 Å². The Hall–Kier alpha value is -1.60. The molecular weight excluding hydrogens is 286 g/mol. The van der Waals surface area contributed by atoms with Crippen LogP contribution in [-0.4, -0.2) is 25.2 Å². The second-order valence-corrected chi connectivity index (χ2v) is 5.74. The maximum Gasteiger partial charge on any atom is 0.257 e. The van der Waals surface area contributed by atoms with E-state index in [2.05, 4.69) is 20.5 Å². The van der Waals surface area contributed by atoms with Crippen LogP contribution in [-0.2, 0) is 7.05 Å². The van der Waals surface area contributed by atoms with Crippen molar-refractivity contribution >= 4 is 34.5 Å². The highest BCUT2D eigenvalue weighted by Gasteiger charge is 2.17. The lowest BCUT2D eigenvalue weighted by atomic mass is 10.3. The number of halogens is 1. The summed E-state index contributed by atoms with van der Waals surface area (Å²) in [6.45, 7) is 2.00. The summed E-state index contributed by atoms with van der Waals surface area (Å²) >= 11 is 7.37. The highest BCUT2D eigenvalue weighted by atomic mass is 35.5. The molecule has 2 heterocycles. The Morgan fingerprint density at radius 1 is 1.42 bits per heavy atom. The SMILES string of the molecule is CC(Sc1nc2ccc(Cl)cc2o1)c1nnnn1C. The van der Waals surface area contributed by atoms with Crippen LogP contribution in [0, 0.1) is 0 Å². The van der Waals surface area contributed by atoms with Crippen molar-refractivity contribution in [3.05, 3.63) is 29.0 Å². The van der Waals surface area contributed by atoms with Gasteiger partial charge in [-0.05, 0) is 29.5 Å². The van der Waals surface area contributed by atoms with E-state index in [0.717, 1.165) is 11.3 Å². The fourth-order valence-electron chi connectivity index (χ4n) is 1.71. The van der Waals surface area contributed by atoms with Crippen LogP contribution in [0.5, 0.6) is 0 Å². The number of aryl methyl sites for hydroxylation is 1. The van der Waals surface area contributed by atoms with E-state index in [4.69, 9.17) is 16.0 Å². The summed E-state index contributed by atoms with van der Waals surface area (Å²) in [6, 6.07) is 5.37. The molecule has 0 aliphatic carbocycles. The number of nitrogens with zero attached hydrogens (tertiary/aromatic N) is 5. The van der Waals surface area contributed by atoms with Crippen LogP contribution in [0.3, 0.4) is 0 Å². The van der Waals surface area contributed by atoms with Gasteiger partial charge in [0.15, 0.2) is 11.4 Å². The minimum atomic E-state index is 0.0449. The highest BCUT2D eigenvalue weighted by Crippen LogP contribution is 2.34. The van der Waals surface area contributed by atoms with Gasteiger partial charge in [0.25, 0.3) is 5.22 Å². The van der Waals surface area contributed by atoms with Gasteiger partial charge in [-0.3, -0.25) is 0 Å². The summed E-state index contributed by atoms with van der Waals surface area (Å²) in [5.41, 5.74) is 1.47. The summed E-state index contributed by atoms with van der Waals surface area (Å²) < 4.78 is 7.28. The average Bonchev–Trinajstić information content (AvgIpc) is 2.94. The normalized spacial score (nSPS) is 13.0. The number of thioether (sulfide) groups is 1. The quantitative estimate of drug-likeness (QED) is 0.692. The smallest absolute Gasteiger partial charge is 0.257 e. The Balaban J connectivity index is 1.87. The molecule has 3 aromatic rings. The first-order valence-corrected chi connectivity index (χ1v) is 6.84. The predicted molar refractivity (Wildman–Crippen MR) is 72.1 cm³/mol. The molecule has 0 N–H and O–H groups in total. The molecule has 0 saturated heterocycles. The first-order valence-electron chi connectivity index (χ1n) is 5.58. The lowest BCUT2D eigenvalue weighted by molar-refractivity contribution is 0.488. The first kappa shape index (κ1) is 12.4. The molecule has 98 valence electrons. The van der Waals surface area contributed by atoms with Gasteiger partial charge >= 0.3 is 0 Å². The molecule has 0 radical (unpaired) electrons. The van der Waals surface area contributed by atoms with Crippen molar-refractivity contribution in [3.63, 3.8) is 0 Å². The van der Waals surface area contributed by atoms with E-state index in [1.54, 1.807) is 23.9 Å². The Bertz CT molecular complexity index is 725. The summed E-state index contributed by atoms with van der Waals surface area (Å²) in [5.74, 6) is 0.769. The molecule has 3 rings (SSSR count). The average molecular weight is 296 g/mol. The zero-order valence-corrected chi connectivity index (χ0v) is 11.8. The van der Waals surface area contributed by atoms with Crippen molar-refractivity contribution in [2.75, 3.05) is 0 Å². The van der Waals surface area contributed by atoms with Gasteiger partial charge in [-0.2, -0.15) is 0 Å². The molecule has 2 aromatic heterocycles. The molecule has 6 nitrogen and oxygen atoms in total. The largest absolute Gasteiger partial charge is 0.431 e. The van der Waals surface area contributed by atoms with Gasteiger partial charge in [-0.1, -0.05) is 23.4 Å². The van der Waals surface area contributed by atoms with Gasteiger partial charge in [0.2, 0.25) is 0 Å². The van der Waals surface area contributed by atoms with Gasteiger partial charge in [0, 0.05) is 18.1 Å². The third kappa shape index (κ3) is 2.43. The molecule has 0 spiro atoms. The zero-order chi connectivity index (χ0) is 13.4. The fraction of sp³-hybridized carbons (Fsp3) is 0.273. The molecule has 0 aliphatic rings. The Morgan fingerprint density at radius 3 is 3.00 bits per heavy atom. The van der Waals surface area contributed by atoms with Crippen molar-refractivity contribution < 1.29 is 4.42 Å². The van der Waals surface area contributed by atoms with Crippen molar-refractivity contribution in [3.8, 4) is 0 Å². The molecule has 0 fully saturated rings. The van der Waals surface area contributed by atoms with Gasteiger partial charge in [-0.15, -0.1) is 5.10 Å². The molecule has 1 atom stereocenters. The van der Waals surface area contributed by atoms with Crippen molar-refractivity contribution in [1.29, 1.82) is 0 Å². The van der Waals surface area contributed by atoms with E-state index in [-0.39, 0.29) is 5.25 Å². The third-order valence-corrected chi connectivity index (χ3v) is 3.80.